The highest BCUT2D eigenvalue weighted by Gasteiger charge is 2.59. The first-order valence-corrected chi connectivity index (χ1v) is 9.07. The van der Waals surface area contributed by atoms with Gasteiger partial charge >= 0.3 is 11.9 Å². The Morgan fingerprint density at radius 1 is 1.42 bits per heavy atom. The van der Waals surface area contributed by atoms with E-state index in [1.54, 1.807) is 6.08 Å². The highest BCUT2D eigenvalue weighted by molar-refractivity contribution is 5.85. The molecule has 0 bridgehead atoms. The maximum atomic E-state index is 12.3. The van der Waals surface area contributed by atoms with Crippen LogP contribution < -0.4 is 0 Å². The Morgan fingerprint density at radius 3 is 2.79 bits per heavy atom. The van der Waals surface area contributed by atoms with Crippen molar-refractivity contribution in [1.82, 2.24) is 0 Å². The molecule has 132 valence electrons. The maximum absolute atomic E-state index is 12.3. The fraction of sp³-hybridized carbons (Fsp3) is 0.700. The molecule has 3 aliphatic rings. The van der Waals surface area contributed by atoms with Crippen molar-refractivity contribution in [3.8, 4) is 0 Å². The van der Waals surface area contributed by atoms with Crippen LogP contribution in [0, 0.1) is 22.7 Å². The molecule has 1 N–H and O–H groups in total. The average Bonchev–Trinajstić information content (AvgIpc) is 2.95. The zero-order chi connectivity index (χ0) is 17.5. The van der Waals surface area contributed by atoms with Gasteiger partial charge in [0.15, 0.2) is 0 Å². The van der Waals surface area contributed by atoms with Gasteiger partial charge in [-0.3, -0.25) is 4.79 Å². The summed E-state index contributed by atoms with van der Waals surface area (Å²) in [7, 11) is 0. The molecule has 1 fully saturated rings. The number of hydrogen-bond acceptors (Lipinski definition) is 3. The summed E-state index contributed by atoms with van der Waals surface area (Å²) < 4.78 is 5.01. The van der Waals surface area contributed by atoms with Gasteiger partial charge in [-0.15, -0.1) is 0 Å². The molecule has 0 saturated heterocycles. The molecule has 24 heavy (non-hydrogen) atoms. The van der Waals surface area contributed by atoms with Gasteiger partial charge in [0.2, 0.25) is 0 Å². The Balaban J connectivity index is 1.90. The summed E-state index contributed by atoms with van der Waals surface area (Å²) in [4.78, 5) is 23.6. The zero-order valence-electron chi connectivity index (χ0n) is 14.9. The topological polar surface area (TPSA) is 63.6 Å². The number of carbonyl (C=O) groups is 2. The van der Waals surface area contributed by atoms with Crippen molar-refractivity contribution < 1.29 is 19.4 Å². The normalized spacial score (nSPS) is 38.9. The standard InChI is InChI=1S/C20H28O4/c1-13-7-10-20(18(22)23)14(2)5-4-6-16(20)19(13,3)9-8-15-11-17(21)24-12-15/h5,11,13,16H,4,6-10,12H2,1-3H3,(H,22,23). The Morgan fingerprint density at radius 2 is 2.17 bits per heavy atom. The zero-order valence-corrected chi connectivity index (χ0v) is 14.9. The van der Waals surface area contributed by atoms with E-state index in [0.717, 1.165) is 49.7 Å². The lowest BCUT2D eigenvalue weighted by molar-refractivity contribution is -0.162. The first kappa shape index (κ1) is 17.2. The number of carbonyl (C=O) groups excluding carboxylic acids is 1. The molecule has 3 rings (SSSR count). The average molecular weight is 332 g/mol. The number of carboxylic acids is 1. The van der Waals surface area contributed by atoms with Gasteiger partial charge < -0.3 is 9.84 Å². The molecule has 2 aliphatic carbocycles. The number of allylic oxidation sites excluding steroid dienone is 1. The van der Waals surface area contributed by atoms with E-state index in [4.69, 9.17) is 4.74 Å². The Bertz CT molecular complexity index is 617. The van der Waals surface area contributed by atoms with E-state index in [0.29, 0.717) is 12.5 Å². The van der Waals surface area contributed by atoms with Crippen molar-refractivity contribution in [1.29, 1.82) is 0 Å². The molecule has 0 aromatic heterocycles. The van der Waals surface area contributed by atoms with E-state index in [1.807, 2.05) is 6.92 Å². The van der Waals surface area contributed by atoms with Gasteiger partial charge in [-0.25, -0.2) is 4.79 Å². The van der Waals surface area contributed by atoms with E-state index < -0.39 is 11.4 Å². The second-order valence-electron chi connectivity index (χ2n) is 8.15. The molecule has 1 saturated carbocycles. The van der Waals surface area contributed by atoms with Crippen molar-refractivity contribution in [3.63, 3.8) is 0 Å². The molecule has 0 aromatic carbocycles. The fourth-order valence-corrected chi connectivity index (χ4v) is 5.38. The van der Waals surface area contributed by atoms with E-state index in [9.17, 15) is 14.7 Å². The summed E-state index contributed by atoms with van der Waals surface area (Å²) in [6.45, 7) is 6.94. The van der Waals surface area contributed by atoms with Gasteiger partial charge in [-0.2, -0.15) is 0 Å². The van der Waals surface area contributed by atoms with Crippen molar-refractivity contribution in [2.75, 3.05) is 6.61 Å². The lowest BCUT2D eigenvalue weighted by Gasteiger charge is -2.57. The predicted octanol–water partition coefficient (Wildman–Crippen LogP) is 4.11. The molecule has 0 spiro atoms. The number of ether oxygens (including phenoxy) is 1. The smallest absolute Gasteiger partial charge is 0.331 e. The summed E-state index contributed by atoms with van der Waals surface area (Å²) in [6, 6.07) is 0. The largest absolute Gasteiger partial charge is 0.481 e. The maximum Gasteiger partial charge on any atom is 0.331 e. The molecule has 1 heterocycles. The van der Waals surface area contributed by atoms with Gasteiger partial charge in [0.25, 0.3) is 0 Å². The van der Waals surface area contributed by atoms with E-state index >= 15 is 0 Å². The highest BCUT2D eigenvalue weighted by Crippen LogP contribution is 2.62. The van der Waals surface area contributed by atoms with Crippen molar-refractivity contribution >= 4 is 11.9 Å². The minimum Gasteiger partial charge on any atom is -0.481 e. The summed E-state index contributed by atoms with van der Waals surface area (Å²) in [5.74, 6) is -0.254. The molecular weight excluding hydrogens is 304 g/mol. The number of cyclic esters (lactones) is 1. The number of carboxylic acid groups (broad SMARTS) is 1. The van der Waals surface area contributed by atoms with Gasteiger partial charge in [0.05, 0.1) is 5.41 Å². The van der Waals surface area contributed by atoms with Crippen LogP contribution in [-0.2, 0) is 14.3 Å². The van der Waals surface area contributed by atoms with E-state index in [-0.39, 0.29) is 17.3 Å². The van der Waals surface area contributed by atoms with Crippen molar-refractivity contribution in [3.05, 3.63) is 23.3 Å². The third-order valence-electron chi connectivity index (χ3n) is 7.19. The second kappa shape index (κ2) is 6.05. The minimum absolute atomic E-state index is 0.0291. The molecule has 0 aromatic rings. The van der Waals surface area contributed by atoms with Gasteiger partial charge in [-0.05, 0) is 68.3 Å². The predicted molar refractivity (Wildman–Crippen MR) is 91.3 cm³/mol. The van der Waals surface area contributed by atoms with Crippen LogP contribution in [0.15, 0.2) is 23.3 Å². The van der Waals surface area contributed by atoms with Gasteiger partial charge in [0, 0.05) is 6.08 Å². The Labute approximate surface area is 144 Å². The number of hydrogen-bond donors (Lipinski definition) is 1. The Kier molecular flexibility index (Phi) is 4.35. The van der Waals surface area contributed by atoms with Crippen LogP contribution in [0.1, 0.15) is 59.3 Å². The number of fused-ring (bicyclic) bond motifs is 1. The quantitative estimate of drug-likeness (QED) is 0.621. The second-order valence-corrected chi connectivity index (χ2v) is 8.15. The first-order chi connectivity index (χ1) is 11.3. The fourth-order valence-electron chi connectivity index (χ4n) is 5.38. The molecule has 4 atom stereocenters. The third-order valence-corrected chi connectivity index (χ3v) is 7.19. The summed E-state index contributed by atoms with van der Waals surface area (Å²) in [6.07, 6.45) is 9.08. The number of rotatable bonds is 4. The summed E-state index contributed by atoms with van der Waals surface area (Å²) in [5, 5.41) is 10.1. The van der Waals surface area contributed by atoms with E-state index in [1.165, 1.54) is 0 Å². The lowest BCUT2D eigenvalue weighted by Crippen LogP contribution is -2.54. The molecular formula is C20H28O4. The van der Waals surface area contributed by atoms with Crippen LogP contribution in [0.5, 0.6) is 0 Å². The van der Waals surface area contributed by atoms with Gasteiger partial charge in [0.1, 0.15) is 6.61 Å². The number of aliphatic carboxylic acids is 1. The van der Waals surface area contributed by atoms with Gasteiger partial charge in [-0.1, -0.05) is 25.5 Å². The van der Waals surface area contributed by atoms with Crippen LogP contribution in [0.2, 0.25) is 0 Å². The van der Waals surface area contributed by atoms with Crippen LogP contribution in [0.3, 0.4) is 0 Å². The first-order valence-electron chi connectivity index (χ1n) is 9.07. The van der Waals surface area contributed by atoms with E-state index in [2.05, 4.69) is 19.9 Å². The minimum atomic E-state index is -0.699. The monoisotopic (exact) mass is 332 g/mol. The SMILES string of the molecule is CC1=CCCC2C1(C(=O)O)CCC(C)C2(C)CCC1=CC(=O)OC1. The van der Waals surface area contributed by atoms with Crippen LogP contribution >= 0.6 is 0 Å². The summed E-state index contributed by atoms with van der Waals surface area (Å²) >= 11 is 0. The van der Waals surface area contributed by atoms with Crippen LogP contribution in [-0.4, -0.2) is 23.7 Å². The molecule has 1 aliphatic heterocycles. The molecule has 0 radical (unpaired) electrons. The van der Waals surface area contributed by atoms with Crippen LogP contribution in [0.4, 0.5) is 0 Å². The third kappa shape index (κ3) is 2.51. The lowest BCUT2D eigenvalue weighted by atomic mass is 9.46. The molecule has 4 nitrogen and oxygen atoms in total. The number of esters is 1. The molecule has 4 heteroatoms. The van der Waals surface area contributed by atoms with Crippen LogP contribution in [0.25, 0.3) is 0 Å². The molecule has 0 amide bonds. The highest BCUT2D eigenvalue weighted by atomic mass is 16.5. The summed E-state index contributed by atoms with van der Waals surface area (Å²) in [5.41, 5.74) is 1.36. The molecule has 4 unspecified atom stereocenters. The van der Waals surface area contributed by atoms with Crippen molar-refractivity contribution in [2.45, 2.75) is 59.3 Å². The van der Waals surface area contributed by atoms with Crippen molar-refractivity contribution in [2.24, 2.45) is 22.7 Å². The Hall–Kier alpha value is -1.58.